The second kappa shape index (κ2) is 7.11. The Bertz CT molecular complexity index is 500. The largest absolute Gasteiger partial charge is 0.399 e. The summed E-state index contributed by atoms with van der Waals surface area (Å²) in [5.41, 5.74) is 6.80. The Morgan fingerprint density at radius 3 is 2.71 bits per heavy atom. The van der Waals surface area contributed by atoms with Crippen molar-refractivity contribution in [3.05, 3.63) is 23.2 Å². The van der Waals surface area contributed by atoms with Crippen LogP contribution in [-0.2, 0) is 9.53 Å². The molecule has 1 fully saturated rings. The van der Waals surface area contributed by atoms with Crippen molar-refractivity contribution in [3.8, 4) is 0 Å². The Balaban J connectivity index is 1.82. The molecule has 2 rings (SSSR count). The van der Waals surface area contributed by atoms with Crippen molar-refractivity contribution in [1.29, 1.82) is 0 Å². The van der Waals surface area contributed by atoms with Crippen molar-refractivity contribution in [2.75, 3.05) is 30.7 Å². The van der Waals surface area contributed by atoms with E-state index in [1.165, 1.54) is 0 Å². The van der Waals surface area contributed by atoms with Crippen LogP contribution in [0.4, 0.5) is 11.4 Å². The van der Waals surface area contributed by atoms with Crippen LogP contribution >= 0.6 is 11.6 Å². The van der Waals surface area contributed by atoms with Crippen LogP contribution in [0.25, 0.3) is 0 Å². The lowest BCUT2D eigenvalue weighted by molar-refractivity contribution is -0.117. The molecule has 1 aromatic rings. The molecule has 2 atom stereocenters. The van der Waals surface area contributed by atoms with Crippen LogP contribution in [-0.4, -0.2) is 42.6 Å². The van der Waals surface area contributed by atoms with Gasteiger partial charge in [0.2, 0.25) is 5.91 Å². The van der Waals surface area contributed by atoms with Gasteiger partial charge in [-0.1, -0.05) is 11.6 Å². The van der Waals surface area contributed by atoms with Gasteiger partial charge in [-0.15, -0.1) is 0 Å². The summed E-state index contributed by atoms with van der Waals surface area (Å²) in [6.45, 7) is 6.55. The number of nitrogens with zero attached hydrogens (tertiary/aromatic N) is 1. The molecule has 5 nitrogen and oxygen atoms in total. The third-order valence-corrected chi connectivity index (χ3v) is 3.73. The lowest BCUT2D eigenvalue weighted by Crippen LogP contribution is -2.46. The third kappa shape index (κ3) is 4.88. The number of amides is 1. The van der Waals surface area contributed by atoms with Gasteiger partial charge in [0.15, 0.2) is 0 Å². The van der Waals surface area contributed by atoms with Gasteiger partial charge in [-0.05, 0) is 32.0 Å². The highest BCUT2D eigenvalue weighted by Gasteiger charge is 2.22. The van der Waals surface area contributed by atoms with Gasteiger partial charge in [0.1, 0.15) is 0 Å². The molecular weight excluding hydrogens is 290 g/mol. The van der Waals surface area contributed by atoms with Crippen LogP contribution in [0, 0.1) is 0 Å². The lowest BCUT2D eigenvalue weighted by atomic mass is 10.2. The number of rotatable bonds is 4. The second-order valence-electron chi connectivity index (χ2n) is 5.55. The predicted octanol–water partition coefficient (Wildman–Crippen LogP) is 2.36. The maximum Gasteiger partial charge on any atom is 0.225 e. The normalized spacial score (nSPS) is 23.0. The molecule has 2 unspecified atom stereocenters. The fourth-order valence-electron chi connectivity index (χ4n) is 2.57. The van der Waals surface area contributed by atoms with E-state index in [1.54, 1.807) is 18.2 Å². The highest BCUT2D eigenvalue weighted by Crippen LogP contribution is 2.24. The van der Waals surface area contributed by atoms with E-state index in [4.69, 9.17) is 22.1 Å². The first kappa shape index (κ1) is 16.1. The number of ether oxygens (including phenoxy) is 1. The van der Waals surface area contributed by atoms with Crippen LogP contribution < -0.4 is 11.1 Å². The molecule has 3 N–H and O–H groups in total. The number of halogens is 1. The molecule has 0 aromatic heterocycles. The molecule has 21 heavy (non-hydrogen) atoms. The second-order valence-corrected chi connectivity index (χ2v) is 5.96. The molecule has 1 aromatic carbocycles. The van der Waals surface area contributed by atoms with Gasteiger partial charge in [-0.2, -0.15) is 0 Å². The molecule has 0 saturated carbocycles. The van der Waals surface area contributed by atoms with E-state index in [-0.39, 0.29) is 18.1 Å². The highest BCUT2D eigenvalue weighted by atomic mass is 35.5. The standard InChI is InChI=1S/C15H22ClN3O2/c1-10-8-19(9-11(2)21-10)6-5-15(20)18-14-4-3-12(17)7-13(14)16/h3-4,7,10-11H,5-6,8-9,17H2,1-2H3,(H,18,20). The van der Waals surface area contributed by atoms with Gasteiger partial charge >= 0.3 is 0 Å². The lowest BCUT2D eigenvalue weighted by Gasteiger charge is -2.35. The molecule has 1 aliphatic rings. The topological polar surface area (TPSA) is 67.6 Å². The summed E-state index contributed by atoms with van der Waals surface area (Å²) in [7, 11) is 0. The van der Waals surface area contributed by atoms with E-state index in [1.807, 2.05) is 0 Å². The molecule has 0 radical (unpaired) electrons. The first-order valence-electron chi connectivity index (χ1n) is 7.16. The van der Waals surface area contributed by atoms with Crippen LogP contribution in [0.5, 0.6) is 0 Å². The molecule has 1 aliphatic heterocycles. The van der Waals surface area contributed by atoms with E-state index < -0.39 is 0 Å². The number of nitrogens with two attached hydrogens (primary N) is 1. The van der Waals surface area contributed by atoms with Crippen LogP contribution in [0.1, 0.15) is 20.3 Å². The van der Waals surface area contributed by atoms with E-state index >= 15 is 0 Å². The first-order chi connectivity index (χ1) is 9.94. The van der Waals surface area contributed by atoms with E-state index in [0.29, 0.717) is 22.8 Å². The van der Waals surface area contributed by atoms with Crippen molar-refractivity contribution in [2.45, 2.75) is 32.5 Å². The zero-order valence-electron chi connectivity index (χ0n) is 12.4. The van der Waals surface area contributed by atoms with Crippen molar-refractivity contribution in [3.63, 3.8) is 0 Å². The fraction of sp³-hybridized carbons (Fsp3) is 0.533. The predicted molar refractivity (Wildman–Crippen MR) is 85.6 cm³/mol. The molecule has 1 amide bonds. The van der Waals surface area contributed by atoms with Crippen molar-refractivity contribution in [1.82, 2.24) is 4.90 Å². The average molecular weight is 312 g/mol. The highest BCUT2D eigenvalue weighted by molar-refractivity contribution is 6.34. The zero-order valence-corrected chi connectivity index (χ0v) is 13.2. The van der Waals surface area contributed by atoms with Crippen molar-refractivity contribution < 1.29 is 9.53 Å². The zero-order chi connectivity index (χ0) is 15.4. The van der Waals surface area contributed by atoms with Gasteiger partial charge in [-0.3, -0.25) is 9.69 Å². The number of nitrogens with one attached hydrogen (secondary N) is 1. The molecular formula is C15H22ClN3O2. The first-order valence-corrected chi connectivity index (χ1v) is 7.54. The van der Waals surface area contributed by atoms with Gasteiger partial charge in [0, 0.05) is 31.7 Å². The van der Waals surface area contributed by atoms with Crippen molar-refractivity contribution >= 4 is 28.9 Å². The number of carbonyl (C=O) groups excluding carboxylic acids is 1. The summed E-state index contributed by atoms with van der Waals surface area (Å²) in [6, 6.07) is 5.06. The SMILES string of the molecule is CC1CN(CCC(=O)Nc2ccc(N)cc2Cl)CC(C)O1. The Hall–Kier alpha value is -1.30. The van der Waals surface area contributed by atoms with E-state index in [2.05, 4.69) is 24.1 Å². The molecule has 0 bridgehead atoms. The minimum Gasteiger partial charge on any atom is -0.399 e. The molecule has 6 heteroatoms. The van der Waals surface area contributed by atoms with Gasteiger partial charge in [0.25, 0.3) is 0 Å². The smallest absolute Gasteiger partial charge is 0.225 e. The maximum atomic E-state index is 12.0. The molecule has 0 aliphatic carbocycles. The number of benzene rings is 1. The molecule has 0 spiro atoms. The van der Waals surface area contributed by atoms with Gasteiger partial charge < -0.3 is 15.8 Å². The Labute approximate surface area is 130 Å². The molecule has 1 saturated heterocycles. The minimum atomic E-state index is -0.0477. The monoisotopic (exact) mass is 311 g/mol. The number of hydrogen-bond donors (Lipinski definition) is 2. The summed E-state index contributed by atoms with van der Waals surface area (Å²) in [5, 5.41) is 3.27. The van der Waals surface area contributed by atoms with Crippen molar-refractivity contribution in [2.24, 2.45) is 0 Å². The Morgan fingerprint density at radius 1 is 1.43 bits per heavy atom. The number of anilines is 2. The van der Waals surface area contributed by atoms with Crippen LogP contribution in [0.2, 0.25) is 5.02 Å². The third-order valence-electron chi connectivity index (χ3n) is 3.42. The van der Waals surface area contributed by atoms with Crippen LogP contribution in [0.15, 0.2) is 18.2 Å². The Kier molecular flexibility index (Phi) is 5.45. The van der Waals surface area contributed by atoms with Gasteiger partial charge in [0.05, 0.1) is 22.9 Å². The summed E-state index contributed by atoms with van der Waals surface area (Å²) in [4.78, 5) is 14.2. The van der Waals surface area contributed by atoms with Gasteiger partial charge in [-0.25, -0.2) is 0 Å². The van der Waals surface area contributed by atoms with E-state index in [0.717, 1.165) is 19.6 Å². The summed E-state index contributed by atoms with van der Waals surface area (Å²) in [5.74, 6) is -0.0477. The van der Waals surface area contributed by atoms with E-state index in [9.17, 15) is 4.79 Å². The number of morpholine rings is 1. The summed E-state index contributed by atoms with van der Waals surface area (Å²) >= 11 is 6.04. The van der Waals surface area contributed by atoms with Crippen LogP contribution in [0.3, 0.4) is 0 Å². The average Bonchev–Trinajstić information content (AvgIpc) is 2.39. The minimum absolute atomic E-state index is 0.0477. The number of nitrogen functional groups attached to an aromatic ring is 1. The molecule has 116 valence electrons. The number of hydrogen-bond acceptors (Lipinski definition) is 4. The molecule has 1 heterocycles. The quantitative estimate of drug-likeness (QED) is 0.838. The Morgan fingerprint density at radius 2 is 2.10 bits per heavy atom. The number of carbonyl (C=O) groups is 1. The summed E-state index contributed by atoms with van der Waals surface area (Å²) in [6.07, 6.45) is 0.854. The maximum absolute atomic E-state index is 12.0. The fourth-order valence-corrected chi connectivity index (χ4v) is 2.81. The summed E-state index contributed by atoms with van der Waals surface area (Å²) < 4.78 is 5.67.